The third kappa shape index (κ3) is 5.33. The molecule has 31 heavy (non-hydrogen) atoms. The number of nitrogens with one attached hydrogen (secondary N) is 1. The molecule has 0 atom stereocenters. The number of nitrogens with zero attached hydrogens (tertiary/aromatic N) is 2. The van der Waals surface area contributed by atoms with E-state index in [1.54, 1.807) is 42.6 Å². The fourth-order valence-electron chi connectivity index (χ4n) is 2.79. The SMILES string of the molecule is COc1ccc(OC)c(N(CC(=O)Nc2cccnc2)S(=O)(=O)c2ccc(Br)cc2)c1. The topological polar surface area (TPSA) is 97.8 Å². The molecule has 0 bridgehead atoms. The Hall–Kier alpha value is -3.11. The maximum absolute atomic E-state index is 13.5. The monoisotopic (exact) mass is 505 g/mol. The lowest BCUT2D eigenvalue weighted by molar-refractivity contribution is -0.114. The summed E-state index contributed by atoms with van der Waals surface area (Å²) in [5.41, 5.74) is 0.622. The third-order valence-electron chi connectivity index (χ3n) is 4.29. The van der Waals surface area contributed by atoms with Gasteiger partial charge < -0.3 is 14.8 Å². The number of ether oxygens (including phenoxy) is 2. The summed E-state index contributed by atoms with van der Waals surface area (Å²) in [4.78, 5) is 16.7. The number of rotatable bonds is 8. The zero-order valence-electron chi connectivity index (χ0n) is 16.8. The average Bonchev–Trinajstić information content (AvgIpc) is 2.78. The second-order valence-corrected chi connectivity index (χ2v) is 9.07. The molecule has 1 heterocycles. The Labute approximate surface area is 189 Å². The number of sulfonamides is 1. The average molecular weight is 506 g/mol. The molecule has 0 spiro atoms. The van der Waals surface area contributed by atoms with E-state index in [-0.39, 0.29) is 16.3 Å². The maximum Gasteiger partial charge on any atom is 0.264 e. The Morgan fingerprint density at radius 2 is 1.84 bits per heavy atom. The highest BCUT2D eigenvalue weighted by atomic mass is 79.9. The van der Waals surface area contributed by atoms with Crippen molar-refractivity contribution in [2.75, 3.05) is 30.4 Å². The fourth-order valence-corrected chi connectivity index (χ4v) is 4.48. The molecule has 8 nitrogen and oxygen atoms in total. The van der Waals surface area contributed by atoms with Crippen LogP contribution in [0.15, 0.2) is 76.4 Å². The van der Waals surface area contributed by atoms with Gasteiger partial charge in [0.2, 0.25) is 5.91 Å². The van der Waals surface area contributed by atoms with Crippen molar-refractivity contribution in [3.05, 3.63) is 71.5 Å². The van der Waals surface area contributed by atoms with E-state index in [4.69, 9.17) is 9.47 Å². The predicted octanol–water partition coefficient (Wildman–Crippen LogP) is 3.70. The Morgan fingerprint density at radius 1 is 1.10 bits per heavy atom. The van der Waals surface area contributed by atoms with E-state index >= 15 is 0 Å². The van der Waals surface area contributed by atoms with E-state index in [1.807, 2.05) is 0 Å². The normalized spacial score (nSPS) is 10.9. The molecule has 1 aromatic heterocycles. The second kappa shape index (κ2) is 9.80. The van der Waals surface area contributed by atoms with Crippen LogP contribution in [0.1, 0.15) is 0 Å². The maximum atomic E-state index is 13.5. The Morgan fingerprint density at radius 3 is 2.45 bits per heavy atom. The molecule has 0 saturated carbocycles. The van der Waals surface area contributed by atoms with Crippen LogP contribution < -0.4 is 19.1 Å². The lowest BCUT2D eigenvalue weighted by Gasteiger charge is -2.26. The number of hydrogen-bond donors (Lipinski definition) is 1. The Balaban J connectivity index is 2.05. The van der Waals surface area contributed by atoms with Crippen LogP contribution in [0.2, 0.25) is 0 Å². The van der Waals surface area contributed by atoms with Crippen molar-refractivity contribution < 1.29 is 22.7 Å². The van der Waals surface area contributed by atoms with Crippen LogP contribution in [-0.2, 0) is 14.8 Å². The van der Waals surface area contributed by atoms with Crippen molar-refractivity contribution in [3.8, 4) is 11.5 Å². The van der Waals surface area contributed by atoms with Crippen LogP contribution in [0.3, 0.4) is 0 Å². The van der Waals surface area contributed by atoms with E-state index in [9.17, 15) is 13.2 Å². The minimum Gasteiger partial charge on any atom is -0.497 e. The highest BCUT2D eigenvalue weighted by molar-refractivity contribution is 9.10. The van der Waals surface area contributed by atoms with Gasteiger partial charge in [0, 0.05) is 16.7 Å². The standard InChI is InChI=1S/C21H20BrN3O5S/c1-29-17-7-10-20(30-2)19(12-17)25(14-21(26)24-16-4-3-11-23-13-16)31(27,28)18-8-5-15(22)6-9-18/h3-13H,14H2,1-2H3,(H,24,26). The van der Waals surface area contributed by atoms with Crippen LogP contribution in [0.4, 0.5) is 11.4 Å². The molecule has 0 aliphatic carbocycles. The molecule has 1 N–H and O–H groups in total. The molecule has 0 fully saturated rings. The molecule has 0 aliphatic heterocycles. The van der Waals surface area contributed by atoms with E-state index < -0.39 is 22.5 Å². The van der Waals surface area contributed by atoms with Crippen molar-refractivity contribution in [3.63, 3.8) is 0 Å². The highest BCUT2D eigenvalue weighted by Gasteiger charge is 2.30. The number of pyridine rings is 1. The van der Waals surface area contributed by atoms with Gasteiger partial charge in [-0.05, 0) is 48.5 Å². The number of aromatic nitrogens is 1. The first-order valence-electron chi connectivity index (χ1n) is 9.05. The number of methoxy groups -OCH3 is 2. The van der Waals surface area contributed by atoms with Gasteiger partial charge in [-0.25, -0.2) is 8.42 Å². The Bertz CT molecular complexity index is 1160. The van der Waals surface area contributed by atoms with Crippen molar-refractivity contribution in [2.45, 2.75) is 4.90 Å². The largest absolute Gasteiger partial charge is 0.497 e. The minimum atomic E-state index is -4.12. The lowest BCUT2D eigenvalue weighted by atomic mass is 10.2. The number of hydrogen-bond acceptors (Lipinski definition) is 6. The molecule has 3 aromatic rings. The first-order chi connectivity index (χ1) is 14.8. The third-order valence-corrected chi connectivity index (χ3v) is 6.59. The molecular formula is C21H20BrN3O5S. The zero-order valence-corrected chi connectivity index (χ0v) is 19.2. The molecule has 2 aromatic carbocycles. The molecule has 162 valence electrons. The van der Waals surface area contributed by atoms with E-state index in [0.29, 0.717) is 11.4 Å². The number of carbonyl (C=O) groups excluding carboxylic acids is 1. The van der Waals surface area contributed by atoms with Gasteiger partial charge in [-0.2, -0.15) is 0 Å². The summed E-state index contributed by atoms with van der Waals surface area (Å²) < 4.78 is 39.4. The zero-order chi connectivity index (χ0) is 22.4. The number of amides is 1. The summed E-state index contributed by atoms with van der Waals surface area (Å²) in [7, 11) is -1.23. The molecule has 1 amide bonds. The summed E-state index contributed by atoms with van der Waals surface area (Å²) >= 11 is 3.30. The molecule has 10 heteroatoms. The van der Waals surface area contributed by atoms with Crippen LogP contribution >= 0.6 is 15.9 Å². The van der Waals surface area contributed by atoms with Gasteiger partial charge in [0.1, 0.15) is 18.0 Å². The molecule has 0 saturated heterocycles. The predicted molar refractivity (Wildman–Crippen MR) is 121 cm³/mol. The van der Waals surface area contributed by atoms with Gasteiger partial charge in [0.25, 0.3) is 10.0 Å². The van der Waals surface area contributed by atoms with E-state index in [2.05, 4.69) is 26.2 Å². The Kier molecular flexibility index (Phi) is 7.13. The summed E-state index contributed by atoms with van der Waals surface area (Å²) in [5, 5.41) is 2.65. The van der Waals surface area contributed by atoms with Crippen molar-refractivity contribution in [1.29, 1.82) is 0 Å². The van der Waals surface area contributed by atoms with Gasteiger partial charge in [-0.3, -0.25) is 14.1 Å². The smallest absolute Gasteiger partial charge is 0.264 e. The number of halogens is 1. The minimum absolute atomic E-state index is 0.0229. The van der Waals surface area contributed by atoms with Gasteiger partial charge in [-0.1, -0.05) is 15.9 Å². The highest BCUT2D eigenvalue weighted by Crippen LogP contribution is 2.35. The van der Waals surface area contributed by atoms with Crippen LogP contribution in [0, 0.1) is 0 Å². The van der Waals surface area contributed by atoms with Gasteiger partial charge in [0.05, 0.1) is 36.7 Å². The molecule has 3 rings (SSSR count). The molecular weight excluding hydrogens is 486 g/mol. The summed E-state index contributed by atoms with van der Waals surface area (Å²) in [5.74, 6) is 0.147. The van der Waals surface area contributed by atoms with Gasteiger partial charge >= 0.3 is 0 Å². The van der Waals surface area contributed by atoms with E-state index in [1.165, 1.54) is 38.6 Å². The lowest BCUT2D eigenvalue weighted by Crippen LogP contribution is -2.38. The van der Waals surface area contributed by atoms with Crippen molar-refractivity contribution >= 4 is 43.2 Å². The number of anilines is 2. The fraction of sp³-hybridized carbons (Fsp3) is 0.143. The summed E-state index contributed by atoms with van der Waals surface area (Å²) in [6.07, 6.45) is 3.04. The van der Waals surface area contributed by atoms with Crippen molar-refractivity contribution in [1.82, 2.24) is 4.98 Å². The molecule has 0 radical (unpaired) electrons. The van der Waals surface area contributed by atoms with Gasteiger partial charge in [0.15, 0.2) is 0 Å². The van der Waals surface area contributed by atoms with Crippen LogP contribution in [0.5, 0.6) is 11.5 Å². The summed E-state index contributed by atoms with van der Waals surface area (Å²) in [6, 6.07) is 14.2. The molecule has 0 unspecified atom stereocenters. The van der Waals surface area contributed by atoms with Crippen LogP contribution in [0.25, 0.3) is 0 Å². The number of carbonyl (C=O) groups is 1. The second-order valence-electron chi connectivity index (χ2n) is 6.29. The number of benzene rings is 2. The first-order valence-corrected chi connectivity index (χ1v) is 11.3. The van der Waals surface area contributed by atoms with E-state index in [0.717, 1.165) is 8.78 Å². The van der Waals surface area contributed by atoms with Crippen LogP contribution in [-0.4, -0.2) is 40.1 Å². The van der Waals surface area contributed by atoms with Crippen molar-refractivity contribution in [2.24, 2.45) is 0 Å². The first kappa shape index (κ1) is 22.6. The molecule has 0 aliphatic rings. The van der Waals surface area contributed by atoms with Gasteiger partial charge in [-0.15, -0.1) is 0 Å². The summed E-state index contributed by atoms with van der Waals surface area (Å²) in [6.45, 7) is -0.489. The quantitative estimate of drug-likeness (QED) is 0.501.